The van der Waals surface area contributed by atoms with Crippen LogP contribution in [0.3, 0.4) is 0 Å². The lowest BCUT2D eigenvalue weighted by Crippen LogP contribution is -2.41. The van der Waals surface area contributed by atoms with Gasteiger partial charge in [-0.1, -0.05) is 11.8 Å². The lowest BCUT2D eigenvalue weighted by molar-refractivity contribution is -0.129. The summed E-state index contributed by atoms with van der Waals surface area (Å²) in [7, 11) is -3.00. The molecule has 0 spiro atoms. The smallest absolute Gasteiger partial charge is 0.233 e. The van der Waals surface area contributed by atoms with Crippen LogP contribution in [0.1, 0.15) is 36.0 Å². The molecule has 1 saturated heterocycles. The highest BCUT2D eigenvalue weighted by atomic mass is 32.2. The molecule has 1 atom stereocenters. The van der Waals surface area contributed by atoms with Crippen LogP contribution < -0.4 is 0 Å². The molecule has 3 heterocycles. The van der Waals surface area contributed by atoms with Crippen LogP contribution in [0, 0.1) is 6.92 Å². The second-order valence-electron chi connectivity index (χ2n) is 7.14. The molecule has 1 amide bonds. The van der Waals surface area contributed by atoms with Crippen molar-refractivity contribution in [2.75, 3.05) is 23.8 Å². The summed E-state index contributed by atoms with van der Waals surface area (Å²) in [6.45, 7) is 4.33. The molecule has 1 aliphatic carbocycles. The average molecular weight is 426 g/mol. The second-order valence-corrected chi connectivity index (χ2v) is 11.4. The molecule has 1 aliphatic heterocycles. The number of hydrogen-bond donors (Lipinski definition) is 0. The van der Waals surface area contributed by atoms with E-state index in [9.17, 15) is 13.2 Å². The molecule has 4 rings (SSSR count). The van der Waals surface area contributed by atoms with Gasteiger partial charge in [0.2, 0.25) is 5.91 Å². The van der Waals surface area contributed by atoms with Crippen molar-refractivity contribution in [3.63, 3.8) is 0 Å². The number of amides is 1. The number of rotatable bonds is 5. The van der Waals surface area contributed by atoms with Gasteiger partial charge in [0.05, 0.1) is 17.3 Å². The summed E-state index contributed by atoms with van der Waals surface area (Å²) in [4.78, 5) is 26.2. The molecule has 146 valence electrons. The van der Waals surface area contributed by atoms with Gasteiger partial charge < -0.3 is 4.90 Å². The van der Waals surface area contributed by atoms with Gasteiger partial charge in [-0.05, 0) is 45.1 Å². The number of carbonyl (C=O) groups excluding carboxylic acids is 1. The number of carbonyl (C=O) groups is 1. The van der Waals surface area contributed by atoms with Gasteiger partial charge in [0.1, 0.15) is 15.7 Å². The zero-order chi connectivity index (χ0) is 19.2. The van der Waals surface area contributed by atoms with Crippen molar-refractivity contribution < 1.29 is 13.2 Å². The Kier molecular flexibility index (Phi) is 5.20. The summed E-state index contributed by atoms with van der Waals surface area (Å²) in [5.74, 6) is 1.26. The van der Waals surface area contributed by atoms with E-state index in [1.807, 2.05) is 13.8 Å². The molecule has 0 unspecified atom stereocenters. The van der Waals surface area contributed by atoms with Crippen LogP contribution in [0.5, 0.6) is 0 Å². The molecule has 0 radical (unpaired) electrons. The number of hydrogen-bond acceptors (Lipinski definition) is 7. The largest absolute Gasteiger partial charge is 0.338 e. The van der Waals surface area contributed by atoms with E-state index >= 15 is 0 Å². The molecule has 2 aromatic heterocycles. The number of aryl methyl sites for hydroxylation is 3. The van der Waals surface area contributed by atoms with E-state index in [1.54, 1.807) is 16.2 Å². The van der Waals surface area contributed by atoms with Crippen LogP contribution >= 0.6 is 23.1 Å². The molecule has 2 aliphatic rings. The maximum absolute atomic E-state index is 12.8. The highest BCUT2D eigenvalue weighted by Gasteiger charge is 2.34. The van der Waals surface area contributed by atoms with Crippen LogP contribution in [0.4, 0.5) is 0 Å². The molecule has 27 heavy (non-hydrogen) atoms. The van der Waals surface area contributed by atoms with Gasteiger partial charge in [-0.25, -0.2) is 18.4 Å². The van der Waals surface area contributed by atoms with E-state index in [1.165, 1.54) is 28.6 Å². The molecule has 0 aromatic carbocycles. The van der Waals surface area contributed by atoms with Crippen molar-refractivity contribution in [2.24, 2.45) is 0 Å². The third-order valence-corrected chi connectivity index (χ3v) is 9.18. The SMILES string of the molecule is CCN(C(=O)CSc1nc(C)nc2sc3c(c12)CCC3)[C@@H]1CCS(=O)(=O)C1. The number of aromatic nitrogens is 2. The number of fused-ring (bicyclic) bond motifs is 3. The molecule has 9 heteroatoms. The standard InChI is InChI=1S/C18H23N3O3S3/c1-3-21(12-7-8-27(23,24)10-12)15(22)9-25-17-16-13-5-4-6-14(13)26-18(16)20-11(2)19-17/h12H,3-10H2,1-2H3/t12-/m1/s1. The van der Waals surface area contributed by atoms with Crippen LogP contribution in [0.25, 0.3) is 10.2 Å². The fourth-order valence-corrected chi connectivity index (χ4v) is 8.13. The van der Waals surface area contributed by atoms with Crippen molar-refractivity contribution >= 4 is 49.1 Å². The summed E-state index contributed by atoms with van der Waals surface area (Å²) in [6, 6.07) is -0.189. The maximum atomic E-state index is 12.8. The first kappa shape index (κ1) is 19.1. The predicted molar refractivity (Wildman–Crippen MR) is 109 cm³/mol. The summed E-state index contributed by atoms with van der Waals surface area (Å²) in [5.41, 5.74) is 1.36. The van der Waals surface area contributed by atoms with Crippen molar-refractivity contribution in [3.8, 4) is 0 Å². The first-order valence-corrected chi connectivity index (χ1v) is 12.9. The summed E-state index contributed by atoms with van der Waals surface area (Å²) in [5, 5.41) is 2.02. The van der Waals surface area contributed by atoms with Gasteiger partial charge in [-0.2, -0.15) is 0 Å². The van der Waals surface area contributed by atoms with E-state index in [4.69, 9.17) is 0 Å². The first-order valence-electron chi connectivity index (χ1n) is 9.29. The number of sulfone groups is 1. The Morgan fingerprint density at radius 2 is 2.15 bits per heavy atom. The van der Waals surface area contributed by atoms with E-state index in [2.05, 4.69) is 9.97 Å². The molecule has 6 nitrogen and oxygen atoms in total. The summed E-state index contributed by atoms with van der Waals surface area (Å²) >= 11 is 3.21. The number of thiophene rings is 1. The van der Waals surface area contributed by atoms with Gasteiger partial charge in [0.15, 0.2) is 9.84 Å². The van der Waals surface area contributed by atoms with Crippen LogP contribution in [-0.4, -0.2) is 59.0 Å². The Balaban J connectivity index is 1.54. The van der Waals surface area contributed by atoms with Crippen molar-refractivity contribution in [3.05, 3.63) is 16.3 Å². The summed E-state index contributed by atoms with van der Waals surface area (Å²) in [6.07, 6.45) is 3.89. The quantitative estimate of drug-likeness (QED) is 0.541. The lowest BCUT2D eigenvalue weighted by atomic mass is 10.2. The first-order chi connectivity index (χ1) is 12.9. The summed E-state index contributed by atoms with van der Waals surface area (Å²) < 4.78 is 23.5. The Bertz CT molecular complexity index is 1000. The minimum atomic E-state index is -3.00. The van der Waals surface area contributed by atoms with Crippen LogP contribution in [0.2, 0.25) is 0 Å². The van der Waals surface area contributed by atoms with Gasteiger partial charge in [0.25, 0.3) is 0 Å². The molecule has 0 bridgehead atoms. The Morgan fingerprint density at radius 1 is 1.33 bits per heavy atom. The van der Waals surface area contributed by atoms with E-state index in [-0.39, 0.29) is 29.2 Å². The molecule has 0 N–H and O–H groups in total. The highest BCUT2D eigenvalue weighted by Crippen LogP contribution is 2.40. The average Bonchev–Trinajstić information content (AvgIpc) is 3.27. The van der Waals surface area contributed by atoms with Gasteiger partial charge in [-0.15, -0.1) is 11.3 Å². The Morgan fingerprint density at radius 3 is 2.85 bits per heavy atom. The zero-order valence-electron chi connectivity index (χ0n) is 15.5. The number of thioether (sulfide) groups is 1. The molecule has 1 fully saturated rings. The Labute approximate surface area is 167 Å². The highest BCUT2D eigenvalue weighted by molar-refractivity contribution is 8.00. The van der Waals surface area contributed by atoms with E-state index in [0.29, 0.717) is 13.0 Å². The van der Waals surface area contributed by atoms with E-state index in [0.717, 1.165) is 33.9 Å². The fourth-order valence-electron chi connectivity index (χ4n) is 4.04. The maximum Gasteiger partial charge on any atom is 0.233 e. The van der Waals surface area contributed by atoms with Gasteiger partial charge in [0, 0.05) is 22.8 Å². The third-order valence-electron chi connectivity index (χ3n) is 5.29. The third kappa shape index (κ3) is 3.73. The van der Waals surface area contributed by atoms with Crippen molar-refractivity contribution in [2.45, 2.75) is 50.6 Å². The minimum Gasteiger partial charge on any atom is -0.338 e. The molecular formula is C18H23N3O3S3. The monoisotopic (exact) mass is 425 g/mol. The normalized spacial score (nSPS) is 20.9. The molecule has 0 saturated carbocycles. The zero-order valence-corrected chi connectivity index (χ0v) is 18.0. The Hall–Kier alpha value is -1.19. The van der Waals surface area contributed by atoms with Crippen LogP contribution in [0.15, 0.2) is 5.03 Å². The fraction of sp³-hybridized carbons (Fsp3) is 0.611. The second kappa shape index (κ2) is 7.33. The van der Waals surface area contributed by atoms with Gasteiger partial charge in [-0.3, -0.25) is 4.79 Å². The topological polar surface area (TPSA) is 80.2 Å². The van der Waals surface area contributed by atoms with Gasteiger partial charge >= 0.3 is 0 Å². The predicted octanol–water partition coefficient (Wildman–Crippen LogP) is 2.62. The molecular weight excluding hydrogens is 402 g/mol. The van der Waals surface area contributed by atoms with E-state index < -0.39 is 9.84 Å². The van der Waals surface area contributed by atoms with Crippen molar-refractivity contribution in [1.29, 1.82) is 0 Å². The lowest BCUT2D eigenvalue weighted by Gasteiger charge is -2.26. The minimum absolute atomic E-state index is 0.0131. The van der Waals surface area contributed by atoms with Crippen molar-refractivity contribution in [1.82, 2.24) is 14.9 Å². The molecule has 2 aromatic rings. The number of nitrogens with zero attached hydrogens (tertiary/aromatic N) is 3. The van der Waals surface area contributed by atoms with Crippen LogP contribution in [-0.2, 0) is 27.5 Å².